The van der Waals surface area contributed by atoms with Crippen LogP contribution in [0.3, 0.4) is 0 Å². The van der Waals surface area contributed by atoms with E-state index in [0.717, 1.165) is 34.5 Å². The zero-order valence-electron chi connectivity index (χ0n) is 12.1. The second kappa shape index (κ2) is 4.87. The summed E-state index contributed by atoms with van der Waals surface area (Å²) in [6.07, 6.45) is 3.01. The van der Waals surface area contributed by atoms with Crippen LogP contribution in [0, 0.1) is 0 Å². The van der Waals surface area contributed by atoms with E-state index >= 15 is 0 Å². The highest BCUT2D eigenvalue weighted by Crippen LogP contribution is 2.29. The van der Waals surface area contributed by atoms with E-state index in [-0.39, 0.29) is 11.8 Å². The maximum absolute atomic E-state index is 11.3. The Hall–Kier alpha value is -2.82. The highest BCUT2D eigenvalue weighted by molar-refractivity contribution is 5.85. The van der Waals surface area contributed by atoms with Gasteiger partial charge in [-0.2, -0.15) is 0 Å². The van der Waals surface area contributed by atoms with Gasteiger partial charge in [-0.25, -0.2) is 4.79 Å². The molecule has 22 heavy (non-hydrogen) atoms. The summed E-state index contributed by atoms with van der Waals surface area (Å²) < 4.78 is 5.69. The maximum atomic E-state index is 11.3. The van der Waals surface area contributed by atoms with Crippen molar-refractivity contribution >= 4 is 22.9 Å². The number of ether oxygens (including phenoxy) is 1. The molecule has 4 rings (SSSR count). The quantitative estimate of drug-likeness (QED) is 0.713. The van der Waals surface area contributed by atoms with Gasteiger partial charge in [0.25, 0.3) is 0 Å². The monoisotopic (exact) mass is 293 g/mol. The third-order valence-electron chi connectivity index (χ3n) is 3.78. The van der Waals surface area contributed by atoms with E-state index in [0.29, 0.717) is 0 Å². The first-order valence-corrected chi connectivity index (χ1v) is 7.23. The van der Waals surface area contributed by atoms with Gasteiger partial charge < -0.3 is 14.7 Å². The van der Waals surface area contributed by atoms with Crippen LogP contribution >= 0.6 is 0 Å². The Morgan fingerprint density at radius 2 is 2.05 bits per heavy atom. The number of aromatic amines is 2. The summed E-state index contributed by atoms with van der Waals surface area (Å²) in [5.41, 5.74) is 4.40. The lowest BCUT2D eigenvalue weighted by Crippen LogP contribution is -2.05. The fraction of sp³-hybridized carbons (Fsp3) is 0.176. The van der Waals surface area contributed by atoms with Crippen LogP contribution in [0.2, 0.25) is 0 Å². The van der Waals surface area contributed by atoms with Gasteiger partial charge in [0.1, 0.15) is 11.9 Å². The van der Waals surface area contributed by atoms with Crippen LogP contribution in [0.15, 0.2) is 46.2 Å². The average Bonchev–Trinajstić information content (AvgIpc) is 3.04. The predicted molar refractivity (Wildman–Crippen MR) is 86.4 cm³/mol. The Bertz CT molecular complexity index is 936. The molecule has 1 atom stereocenters. The van der Waals surface area contributed by atoms with Crippen molar-refractivity contribution in [3.05, 3.63) is 58.0 Å². The molecule has 2 N–H and O–H groups in total. The van der Waals surface area contributed by atoms with Gasteiger partial charge in [0.2, 0.25) is 0 Å². The Balaban J connectivity index is 1.63. The lowest BCUT2D eigenvalue weighted by molar-refractivity contribution is 0.254. The molecule has 0 unspecified atom stereocenters. The maximum Gasteiger partial charge on any atom is 0.323 e. The molecule has 0 saturated heterocycles. The Labute approximate surface area is 126 Å². The summed E-state index contributed by atoms with van der Waals surface area (Å²) in [6.45, 7) is 2.07. The van der Waals surface area contributed by atoms with Crippen molar-refractivity contribution in [3.8, 4) is 5.75 Å². The number of H-pyrrole nitrogens is 2. The lowest BCUT2D eigenvalue weighted by atomic mass is 10.1. The molecule has 0 fully saturated rings. The van der Waals surface area contributed by atoms with E-state index in [1.807, 2.05) is 36.5 Å². The number of imidazole rings is 1. The average molecular weight is 293 g/mol. The third-order valence-corrected chi connectivity index (χ3v) is 3.78. The first-order valence-electron chi connectivity index (χ1n) is 7.23. The second-order valence-electron chi connectivity index (χ2n) is 5.57. The molecule has 0 amide bonds. The molecule has 1 aromatic heterocycles. The van der Waals surface area contributed by atoms with Crippen LogP contribution in [0.1, 0.15) is 18.1 Å². The van der Waals surface area contributed by atoms with Gasteiger partial charge in [-0.1, -0.05) is 0 Å². The second-order valence-corrected chi connectivity index (χ2v) is 5.57. The van der Waals surface area contributed by atoms with E-state index < -0.39 is 0 Å². The summed E-state index contributed by atoms with van der Waals surface area (Å²) in [7, 11) is 0. The van der Waals surface area contributed by atoms with Crippen LogP contribution < -0.4 is 10.4 Å². The van der Waals surface area contributed by atoms with Gasteiger partial charge in [-0.15, -0.1) is 0 Å². The topological polar surface area (TPSA) is 70.2 Å². The van der Waals surface area contributed by atoms with Crippen LogP contribution in [0.5, 0.6) is 5.75 Å². The molecular formula is C17H15N3O2. The van der Waals surface area contributed by atoms with Crippen molar-refractivity contribution in [3.63, 3.8) is 0 Å². The minimum absolute atomic E-state index is 0.205. The third kappa shape index (κ3) is 2.30. The van der Waals surface area contributed by atoms with Gasteiger partial charge >= 0.3 is 5.69 Å². The summed E-state index contributed by atoms with van der Waals surface area (Å²) in [5.74, 6) is 0.968. The van der Waals surface area contributed by atoms with Crippen molar-refractivity contribution in [1.82, 2.24) is 9.97 Å². The fourth-order valence-corrected chi connectivity index (χ4v) is 2.77. The molecule has 0 saturated carbocycles. The number of nitrogens with zero attached hydrogens (tertiary/aromatic N) is 1. The van der Waals surface area contributed by atoms with Crippen LogP contribution in [0.4, 0.5) is 5.69 Å². The molecule has 2 heterocycles. The number of hydrogen-bond donors (Lipinski definition) is 2. The van der Waals surface area contributed by atoms with Crippen molar-refractivity contribution in [2.24, 2.45) is 4.99 Å². The SMILES string of the molecule is C[C@H]1Cc2cc(C=Nc3ccc4[nH]c(=O)[nH]c4c3)ccc2O1. The first kappa shape index (κ1) is 12.9. The molecular weight excluding hydrogens is 278 g/mol. The van der Waals surface area contributed by atoms with Gasteiger partial charge in [-0.3, -0.25) is 4.99 Å². The molecule has 0 spiro atoms. The van der Waals surface area contributed by atoms with E-state index in [1.165, 1.54) is 5.56 Å². The highest BCUT2D eigenvalue weighted by Gasteiger charge is 2.18. The number of hydrogen-bond acceptors (Lipinski definition) is 3. The molecule has 3 aromatic rings. The van der Waals surface area contributed by atoms with Crippen LogP contribution in [-0.4, -0.2) is 22.3 Å². The Kier molecular flexibility index (Phi) is 2.85. The number of benzene rings is 2. The number of aromatic nitrogens is 2. The molecule has 0 radical (unpaired) electrons. The van der Waals surface area contributed by atoms with Gasteiger partial charge in [0.15, 0.2) is 0 Å². The normalized spacial score (nSPS) is 17.0. The molecule has 1 aliphatic heterocycles. The van der Waals surface area contributed by atoms with Crippen LogP contribution in [-0.2, 0) is 6.42 Å². The van der Waals surface area contributed by atoms with Crippen LogP contribution in [0.25, 0.3) is 11.0 Å². The zero-order valence-corrected chi connectivity index (χ0v) is 12.1. The zero-order chi connectivity index (χ0) is 15.1. The van der Waals surface area contributed by atoms with Crippen molar-refractivity contribution in [2.75, 3.05) is 0 Å². The molecule has 0 aliphatic carbocycles. The Morgan fingerprint density at radius 3 is 2.95 bits per heavy atom. The largest absolute Gasteiger partial charge is 0.490 e. The summed E-state index contributed by atoms with van der Waals surface area (Å²) in [6, 6.07) is 11.7. The highest BCUT2D eigenvalue weighted by atomic mass is 16.5. The molecule has 5 nitrogen and oxygen atoms in total. The summed E-state index contributed by atoms with van der Waals surface area (Å²) >= 11 is 0. The van der Waals surface area contributed by atoms with Gasteiger partial charge in [0, 0.05) is 12.6 Å². The predicted octanol–water partition coefficient (Wildman–Crippen LogP) is 2.93. The van der Waals surface area contributed by atoms with Gasteiger partial charge in [-0.05, 0) is 54.4 Å². The van der Waals surface area contributed by atoms with Gasteiger partial charge in [0.05, 0.1) is 16.7 Å². The van der Waals surface area contributed by atoms with Crippen molar-refractivity contribution in [2.45, 2.75) is 19.4 Å². The van der Waals surface area contributed by atoms with Crippen molar-refractivity contribution < 1.29 is 4.74 Å². The molecule has 2 aromatic carbocycles. The van der Waals surface area contributed by atoms with E-state index in [1.54, 1.807) is 0 Å². The molecule has 5 heteroatoms. The smallest absolute Gasteiger partial charge is 0.323 e. The number of nitrogens with one attached hydrogen (secondary N) is 2. The minimum Gasteiger partial charge on any atom is -0.490 e. The standard InChI is InChI=1S/C17H15N3O2/c1-10-6-12-7-11(2-5-16(12)22-10)9-18-13-3-4-14-15(8-13)20-17(21)19-14/h2-5,7-10H,6H2,1H3,(H2,19,20,21)/t10-/m0/s1. The molecule has 1 aliphatic rings. The number of aliphatic imine (C=N–C) groups is 1. The van der Waals surface area contributed by atoms with Crippen molar-refractivity contribution in [1.29, 1.82) is 0 Å². The lowest BCUT2D eigenvalue weighted by Gasteiger charge is -2.01. The summed E-state index contributed by atoms with van der Waals surface area (Å²) in [4.78, 5) is 21.2. The minimum atomic E-state index is -0.205. The summed E-state index contributed by atoms with van der Waals surface area (Å²) in [5, 5.41) is 0. The van der Waals surface area contributed by atoms with E-state index in [4.69, 9.17) is 4.74 Å². The molecule has 0 bridgehead atoms. The molecule has 110 valence electrons. The van der Waals surface area contributed by atoms with E-state index in [9.17, 15) is 4.79 Å². The first-order chi connectivity index (χ1) is 10.7. The number of fused-ring (bicyclic) bond motifs is 2. The Morgan fingerprint density at radius 1 is 1.18 bits per heavy atom. The van der Waals surface area contributed by atoms with E-state index in [2.05, 4.69) is 28.0 Å². The number of rotatable bonds is 2. The fourth-order valence-electron chi connectivity index (χ4n) is 2.77.